The van der Waals surface area contributed by atoms with E-state index in [1.54, 1.807) is 28.4 Å². The molecule has 2 N–H and O–H groups in total. The molecular weight excluding hydrogens is 471 g/mol. The lowest BCUT2D eigenvalue weighted by atomic mass is 10.2. The van der Waals surface area contributed by atoms with Gasteiger partial charge in [0.05, 0.1) is 21.3 Å². The van der Waals surface area contributed by atoms with Crippen LogP contribution >= 0.6 is 24.0 Å². The first-order valence-corrected chi connectivity index (χ1v) is 9.56. The van der Waals surface area contributed by atoms with Gasteiger partial charge in [-0.1, -0.05) is 12.8 Å². The highest BCUT2D eigenvalue weighted by Crippen LogP contribution is 2.38. The maximum absolute atomic E-state index is 5.41. The molecule has 1 fully saturated rings. The van der Waals surface area contributed by atoms with E-state index >= 15 is 0 Å². The van der Waals surface area contributed by atoms with E-state index in [2.05, 4.69) is 27.6 Å². The summed E-state index contributed by atoms with van der Waals surface area (Å²) in [7, 11) is 8.84. The minimum atomic E-state index is 0. The van der Waals surface area contributed by atoms with Gasteiger partial charge in [0.1, 0.15) is 0 Å². The first kappa shape index (κ1) is 24.6. The highest BCUT2D eigenvalue weighted by atomic mass is 127. The first-order chi connectivity index (χ1) is 13.1. The standard InChI is InChI=1S/C20H34N4O3.HI/c1-21-20(22-10-11-24(2)16-8-6-7-9-16)23-14-15-12-17(25-3)19(27-5)18(13-15)26-4;/h12-13,16H,6-11,14H2,1-5H3,(H2,21,22,23);1H. The van der Waals surface area contributed by atoms with Gasteiger partial charge in [0.25, 0.3) is 0 Å². The van der Waals surface area contributed by atoms with Crippen LogP contribution < -0.4 is 24.8 Å². The van der Waals surface area contributed by atoms with Crippen LogP contribution in [0.2, 0.25) is 0 Å². The average Bonchev–Trinajstić information content (AvgIpc) is 3.24. The molecule has 0 bridgehead atoms. The highest BCUT2D eigenvalue weighted by Gasteiger charge is 2.19. The molecule has 1 aromatic rings. The van der Waals surface area contributed by atoms with E-state index in [9.17, 15) is 0 Å². The predicted octanol–water partition coefficient (Wildman–Crippen LogP) is 2.87. The molecule has 0 heterocycles. The molecule has 160 valence electrons. The van der Waals surface area contributed by atoms with E-state index in [-0.39, 0.29) is 24.0 Å². The molecule has 2 rings (SSSR count). The number of methoxy groups -OCH3 is 3. The third-order valence-corrected chi connectivity index (χ3v) is 5.11. The lowest BCUT2D eigenvalue weighted by Crippen LogP contribution is -2.42. The Morgan fingerprint density at radius 3 is 2.18 bits per heavy atom. The summed E-state index contributed by atoms with van der Waals surface area (Å²) in [4.78, 5) is 6.76. The van der Waals surface area contributed by atoms with E-state index in [0.29, 0.717) is 23.8 Å². The number of nitrogens with one attached hydrogen (secondary N) is 2. The molecule has 28 heavy (non-hydrogen) atoms. The van der Waals surface area contributed by atoms with Crippen LogP contribution in [-0.4, -0.2) is 65.4 Å². The van der Waals surface area contributed by atoms with Gasteiger partial charge in [0.15, 0.2) is 17.5 Å². The van der Waals surface area contributed by atoms with Crippen molar-refractivity contribution in [2.45, 2.75) is 38.3 Å². The van der Waals surface area contributed by atoms with Gasteiger partial charge in [-0.25, -0.2) is 0 Å². The summed E-state index contributed by atoms with van der Waals surface area (Å²) in [5, 5.41) is 6.72. The Labute approximate surface area is 186 Å². The first-order valence-electron chi connectivity index (χ1n) is 9.56. The summed E-state index contributed by atoms with van der Waals surface area (Å²) in [5.74, 6) is 2.68. The van der Waals surface area contributed by atoms with E-state index in [1.165, 1.54) is 25.7 Å². The maximum atomic E-state index is 5.41. The fourth-order valence-electron chi connectivity index (χ4n) is 3.52. The summed E-state index contributed by atoms with van der Waals surface area (Å²) in [6.07, 6.45) is 5.37. The van der Waals surface area contributed by atoms with Gasteiger partial charge in [-0.2, -0.15) is 0 Å². The van der Waals surface area contributed by atoms with E-state index in [0.717, 1.165) is 30.7 Å². The van der Waals surface area contributed by atoms with E-state index in [1.807, 2.05) is 12.1 Å². The van der Waals surface area contributed by atoms with Crippen molar-refractivity contribution in [3.63, 3.8) is 0 Å². The molecular formula is C20H35IN4O3. The number of aliphatic imine (C=N–C) groups is 1. The Bertz CT molecular complexity index is 596. The van der Waals surface area contributed by atoms with Crippen LogP contribution in [0.1, 0.15) is 31.2 Å². The van der Waals surface area contributed by atoms with Crippen molar-refractivity contribution in [1.82, 2.24) is 15.5 Å². The largest absolute Gasteiger partial charge is 0.493 e. The van der Waals surface area contributed by atoms with Crippen molar-refractivity contribution >= 4 is 29.9 Å². The molecule has 1 aliphatic carbocycles. The summed E-state index contributed by atoms with van der Waals surface area (Å²) in [6, 6.07) is 4.62. The van der Waals surface area contributed by atoms with E-state index < -0.39 is 0 Å². The number of halogens is 1. The topological polar surface area (TPSA) is 67.4 Å². The van der Waals surface area contributed by atoms with Gasteiger partial charge in [0.2, 0.25) is 5.75 Å². The van der Waals surface area contributed by atoms with Crippen LogP contribution in [0.15, 0.2) is 17.1 Å². The van der Waals surface area contributed by atoms with Gasteiger partial charge in [-0.15, -0.1) is 24.0 Å². The number of rotatable bonds is 9. The molecule has 0 saturated heterocycles. The van der Waals surface area contributed by atoms with Crippen molar-refractivity contribution < 1.29 is 14.2 Å². The van der Waals surface area contributed by atoms with Crippen LogP contribution in [0, 0.1) is 0 Å². The molecule has 7 nitrogen and oxygen atoms in total. The zero-order valence-corrected chi connectivity index (χ0v) is 20.0. The van der Waals surface area contributed by atoms with Crippen LogP contribution in [0.25, 0.3) is 0 Å². The molecule has 0 spiro atoms. The van der Waals surface area contributed by atoms with Crippen molar-refractivity contribution in [3.8, 4) is 17.2 Å². The number of likely N-dealkylation sites (N-methyl/N-ethyl adjacent to an activating group) is 1. The fraction of sp³-hybridized carbons (Fsp3) is 0.650. The second-order valence-corrected chi connectivity index (χ2v) is 6.81. The SMILES string of the molecule is CN=C(NCCN(C)C1CCCC1)NCc1cc(OC)c(OC)c(OC)c1.I. The van der Waals surface area contributed by atoms with Crippen LogP contribution in [-0.2, 0) is 6.54 Å². The van der Waals surface area contributed by atoms with Crippen LogP contribution in [0.5, 0.6) is 17.2 Å². The average molecular weight is 506 g/mol. The number of hydrogen-bond donors (Lipinski definition) is 2. The lowest BCUT2D eigenvalue weighted by molar-refractivity contribution is 0.249. The Kier molecular flexibility index (Phi) is 11.4. The van der Waals surface area contributed by atoms with Gasteiger partial charge in [-0.05, 0) is 37.6 Å². The number of benzene rings is 1. The molecule has 0 radical (unpaired) electrons. The Morgan fingerprint density at radius 2 is 1.68 bits per heavy atom. The van der Waals surface area contributed by atoms with E-state index in [4.69, 9.17) is 14.2 Å². The molecule has 0 atom stereocenters. The summed E-state index contributed by atoms with van der Waals surface area (Å²) < 4.78 is 16.2. The fourth-order valence-corrected chi connectivity index (χ4v) is 3.52. The number of nitrogens with zero attached hydrogens (tertiary/aromatic N) is 2. The second-order valence-electron chi connectivity index (χ2n) is 6.81. The molecule has 0 amide bonds. The monoisotopic (exact) mass is 506 g/mol. The number of guanidine groups is 1. The van der Waals surface area contributed by atoms with Crippen molar-refractivity contribution in [2.75, 3.05) is 48.5 Å². The zero-order chi connectivity index (χ0) is 19.6. The third-order valence-electron chi connectivity index (χ3n) is 5.11. The van der Waals surface area contributed by atoms with Crippen LogP contribution in [0.4, 0.5) is 0 Å². The highest BCUT2D eigenvalue weighted by molar-refractivity contribution is 14.0. The summed E-state index contributed by atoms with van der Waals surface area (Å²) >= 11 is 0. The summed E-state index contributed by atoms with van der Waals surface area (Å²) in [6.45, 7) is 2.48. The zero-order valence-electron chi connectivity index (χ0n) is 17.7. The molecule has 1 aliphatic rings. The molecule has 1 saturated carbocycles. The van der Waals surface area contributed by atoms with Crippen molar-refractivity contribution in [2.24, 2.45) is 4.99 Å². The smallest absolute Gasteiger partial charge is 0.203 e. The Hall–Kier alpha value is -1.42. The van der Waals surface area contributed by atoms with Gasteiger partial charge >= 0.3 is 0 Å². The molecule has 1 aromatic carbocycles. The summed E-state index contributed by atoms with van der Waals surface area (Å²) in [5.41, 5.74) is 1.02. The molecule has 8 heteroatoms. The van der Waals surface area contributed by atoms with Crippen LogP contribution in [0.3, 0.4) is 0 Å². The van der Waals surface area contributed by atoms with Gasteiger partial charge in [0, 0.05) is 32.7 Å². The molecule has 0 aliphatic heterocycles. The Morgan fingerprint density at radius 1 is 1.07 bits per heavy atom. The van der Waals surface area contributed by atoms with Gasteiger partial charge < -0.3 is 29.7 Å². The Balaban J connectivity index is 0.00000392. The minimum Gasteiger partial charge on any atom is -0.493 e. The lowest BCUT2D eigenvalue weighted by Gasteiger charge is -2.24. The molecule has 0 aromatic heterocycles. The quantitative estimate of drug-likeness (QED) is 0.305. The predicted molar refractivity (Wildman–Crippen MR) is 125 cm³/mol. The van der Waals surface area contributed by atoms with Gasteiger partial charge in [-0.3, -0.25) is 4.99 Å². The second kappa shape index (κ2) is 12.9. The third kappa shape index (κ3) is 6.88. The molecule has 0 unspecified atom stereocenters. The minimum absolute atomic E-state index is 0. The maximum Gasteiger partial charge on any atom is 0.203 e. The number of hydrogen-bond acceptors (Lipinski definition) is 5. The van der Waals surface area contributed by atoms with Crippen molar-refractivity contribution in [3.05, 3.63) is 17.7 Å². The number of ether oxygens (including phenoxy) is 3. The van der Waals surface area contributed by atoms with Crippen molar-refractivity contribution in [1.29, 1.82) is 0 Å². The normalized spacial score (nSPS) is 14.6.